The Hall–Kier alpha value is -3.01. The van der Waals surface area contributed by atoms with Crippen molar-refractivity contribution in [3.8, 4) is 11.3 Å². The average molecular weight is 358 g/mol. The minimum Gasteiger partial charge on any atom is -0.357 e. The van der Waals surface area contributed by atoms with Crippen LogP contribution in [-0.4, -0.2) is 22.7 Å². The standard InChI is InChI=1S/C22H22N4.CH4/c1-13-9-10-17-18(11-13)20(16-8-6-5-7-14(16)2)24-12-19-15(3)25-22(23-4)26-21(17)19;/h5-11H,12H2,1-4H3,(H,23,25,26);1H4. The van der Waals surface area contributed by atoms with Crippen LogP contribution in [0.25, 0.3) is 11.3 Å². The van der Waals surface area contributed by atoms with Crippen LogP contribution >= 0.6 is 0 Å². The molecule has 0 atom stereocenters. The van der Waals surface area contributed by atoms with E-state index in [1.54, 1.807) is 0 Å². The third-order valence-corrected chi connectivity index (χ3v) is 4.92. The first-order chi connectivity index (χ1) is 12.6. The van der Waals surface area contributed by atoms with E-state index >= 15 is 0 Å². The first kappa shape index (κ1) is 18.8. The van der Waals surface area contributed by atoms with E-state index in [0.29, 0.717) is 12.5 Å². The highest BCUT2D eigenvalue weighted by Crippen LogP contribution is 2.34. The van der Waals surface area contributed by atoms with Gasteiger partial charge in [-0.05, 0) is 32.4 Å². The smallest absolute Gasteiger partial charge is 0.223 e. The lowest BCUT2D eigenvalue weighted by Crippen LogP contribution is -2.07. The van der Waals surface area contributed by atoms with Crippen LogP contribution in [0.15, 0.2) is 47.5 Å². The van der Waals surface area contributed by atoms with E-state index in [9.17, 15) is 0 Å². The van der Waals surface area contributed by atoms with Crippen molar-refractivity contribution in [2.45, 2.75) is 34.7 Å². The summed E-state index contributed by atoms with van der Waals surface area (Å²) in [6.07, 6.45) is 0. The minimum atomic E-state index is 0. The molecule has 2 aromatic carbocycles. The number of nitrogens with zero attached hydrogens (tertiary/aromatic N) is 3. The number of fused-ring (bicyclic) bond motifs is 3. The Labute approximate surface area is 161 Å². The van der Waals surface area contributed by atoms with Gasteiger partial charge in [-0.2, -0.15) is 0 Å². The molecule has 138 valence electrons. The molecule has 1 aliphatic heterocycles. The van der Waals surface area contributed by atoms with E-state index < -0.39 is 0 Å². The lowest BCUT2D eigenvalue weighted by atomic mass is 9.92. The third-order valence-electron chi connectivity index (χ3n) is 4.92. The molecule has 27 heavy (non-hydrogen) atoms. The highest BCUT2D eigenvalue weighted by atomic mass is 15.1. The van der Waals surface area contributed by atoms with Gasteiger partial charge in [-0.15, -0.1) is 0 Å². The molecule has 0 saturated heterocycles. The largest absolute Gasteiger partial charge is 0.357 e. The summed E-state index contributed by atoms with van der Waals surface area (Å²) >= 11 is 0. The minimum absolute atomic E-state index is 0. The van der Waals surface area contributed by atoms with Crippen molar-refractivity contribution in [1.29, 1.82) is 0 Å². The van der Waals surface area contributed by atoms with Crippen LogP contribution in [0.4, 0.5) is 5.95 Å². The van der Waals surface area contributed by atoms with Crippen molar-refractivity contribution < 1.29 is 0 Å². The van der Waals surface area contributed by atoms with Crippen LogP contribution in [0, 0.1) is 20.8 Å². The summed E-state index contributed by atoms with van der Waals surface area (Å²) in [5, 5.41) is 3.07. The molecule has 4 nitrogen and oxygen atoms in total. The summed E-state index contributed by atoms with van der Waals surface area (Å²) in [5.41, 5.74) is 9.95. The second-order valence-corrected chi connectivity index (χ2v) is 6.74. The van der Waals surface area contributed by atoms with E-state index in [1.165, 1.54) is 16.7 Å². The van der Waals surface area contributed by atoms with Gasteiger partial charge in [0.1, 0.15) is 0 Å². The molecular formula is C23H26N4. The first-order valence-corrected chi connectivity index (χ1v) is 8.85. The maximum absolute atomic E-state index is 5.01. The average Bonchev–Trinajstić information content (AvgIpc) is 2.79. The molecule has 0 fully saturated rings. The number of hydrogen-bond donors (Lipinski definition) is 1. The van der Waals surface area contributed by atoms with Crippen LogP contribution in [-0.2, 0) is 6.54 Å². The van der Waals surface area contributed by atoms with Crippen LogP contribution in [0.2, 0.25) is 0 Å². The number of aliphatic imine (C=N–C) groups is 1. The van der Waals surface area contributed by atoms with Gasteiger partial charge in [-0.3, -0.25) is 4.99 Å². The number of aromatic nitrogens is 2. The van der Waals surface area contributed by atoms with Crippen molar-refractivity contribution in [1.82, 2.24) is 9.97 Å². The Morgan fingerprint density at radius 3 is 2.41 bits per heavy atom. The van der Waals surface area contributed by atoms with Gasteiger partial charge in [0.15, 0.2) is 0 Å². The van der Waals surface area contributed by atoms with Crippen molar-refractivity contribution in [2.24, 2.45) is 4.99 Å². The summed E-state index contributed by atoms with van der Waals surface area (Å²) in [6, 6.07) is 14.9. The topological polar surface area (TPSA) is 50.2 Å². The third kappa shape index (κ3) is 3.23. The van der Waals surface area contributed by atoms with Gasteiger partial charge in [0, 0.05) is 35.0 Å². The normalized spacial score (nSPS) is 12.2. The first-order valence-electron chi connectivity index (χ1n) is 8.85. The summed E-state index contributed by atoms with van der Waals surface area (Å²) < 4.78 is 0. The number of nitrogens with one attached hydrogen (secondary N) is 1. The number of anilines is 1. The van der Waals surface area contributed by atoms with Gasteiger partial charge >= 0.3 is 0 Å². The summed E-state index contributed by atoms with van der Waals surface area (Å²) in [5.74, 6) is 0.645. The number of hydrogen-bond acceptors (Lipinski definition) is 4. The molecule has 1 aromatic heterocycles. The fraction of sp³-hybridized carbons (Fsp3) is 0.261. The van der Waals surface area contributed by atoms with Gasteiger partial charge in [0.25, 0.3) is 0 Å². The lowest BCUT2D eigenvalue weighted by molar-refractivity contribution is 0.980. The van der Waals surface area contributed by atoms with Crippen molar-refractivity contribution in [3.63, 3.8) is 0 Å². The predicted molar refractivity (Wildman–Crippen MR) is 114 cm³/mol. The van der Waals surface area contributed by atoms with Gasteiger partial charge < -0.3 is 5.32 Å². The molecule has 2 heterocycles. The molecule has 0 unspecified atom stereocenters. The maximum Gasteiger partial charge on any atom is 0.223 e. The Kier molecular flexibility index (Phi) is 5.08. The van der Waals surface area contributed by atoms with E-state index in [1.807, 2.05) is 14.0 Å². The number of aryl methyl sites for hydroxylation is 3. The molecule has 0 radical (unpaired) electrons. The van der Waals surface area contributed by atoms with Crippen LogP contribution in [0.3, 0.4) is 0 Å². The van der Waals surface area contributed by atoms with Crippen LogP contribution in [0.1, 0.15) is 40.9 Å². The molecule has 0 saturated carbocycles. The molecule has 4 heteroatoms. The Morgan fingerprint density at radius 2 is 1.67 bits per heavy atom. The summed E-state index contributed by atoms with van der Waals surface area (Å²) in [6.45, 7) is 6.87. The van der Waals surface area contributed by atoms with Gasteiger partial charge in [0.2, 0.25) is 5.95 Å². The Balaban J connectivity index is 0.00000210. The summed E-state index contributed by atoms with van der Waals surface area (Å²) in [7, 11) is 1.85. The summed E-state index contributed by atoms with van der Waals surface area (Å²) in [4.78, 5) is 14.4. The highest BCUT2D eigenvalue weighted by Gasteiger charge is 2.23. The van der Waals surface area contributed by atoms with E-state index in [2.05, 4.69) is 66.6 Å². The second kappa shape index (κ2) is 7.31. The molecule has 0 bridgehead atoms. The second-order valence-electron chi connectivity index (χ2n) is 6.74. The molecule has 0 amide bonds. The van der Waals surface area contributed by atoms with E-state index in [4.69, 9.17) is 9.98 Å². The molecule has 1 aliphatic rings. The van der Waals surface area contributed by atoms with Gasteiger partial charge in [-0.1, -0.05) is 49.4 Å². The molecule has 0 spiro atoms. The number of rotatable bonds is 2. The van der Waals surface area contributed by atoms with Gasteiger partial charge in [-0.25, -0.2) is 9.97 Å². The molecular weight excluding hydrogens is 332 g/mol. The van der Waals surface area contributed by atoms with Crippen molar-refractivity contribution in [2.75, 3.05) is 12.4 Å². The van der Waals surface area contributed by atoms with Crippen molar-refractivity contribution in [3.05, 3.63) is 76.0 Å². The number of benzene rings is 2. The Bertz CT molecular complexity index is 1030. The van der Waals surface area contributed by atoms with Gasteiger partial charge in [0.05, 0.1) is 18.0 Å². The van der Waals surface area contributed by atoms with E-state index in [-0.39, 0.29) is 7.43 Å². The predicted octanol–water partition coefficient (Wildman–Crippen LogP) is 5.10. The fourth-order valence-electron chi connectivity index (χ4n) is 3.49. The van der Waals surface area contributed by atoms with E-state index in [0.717, 1.165) is 33.8 Å². The molecule has 0 aliphatic carbocycles. The van der Waals surface area contributed by atoms with Crippen LogP contribution in [0.5, 0.6) is 0 Å². The molecule has 1 N–H and O–H groups in total. The quantitative estimate of drug-likeness (QED) is 0.693. The lowest BCUT2D eigenvalue weighted by Gasteiger charge is -2.14. The maximum atomic E-state index is 5.01. The monoisotopic (exact) mass is 358 g/mol. The zero-order chi connectivity index (χ0) is 18.3. The zero-order valence-corrected chi connectivity index (χ0v) is 15.6. The molecule has 3 aromatic rings. The fourth-order valence-corrected chi connectivity index (χ4v) is 3.49. The SMILES string of the molecule is C.CNc1nc(C)c2c(n1)-c1ccc(C)cc1C(c1ccccc1C)=NC2. The van der Waals surface area contributed by atoms with Crippen molar-refractivity contribution >= 4 is 11.7 Å². The molecule has 4 rings (SSSR count). The highest BCUT2D eigenvalue weighted by molar-refractivity contribution is 6.17. The zero-order valence-electron chi connectivity index (χ0n) is 15.6. The van der Waals surface area contributed by atoms with Crippen LogP contribution < -0.4 is 5.32 Å². The Morgan fingerprint density at radius 1 is 0.889 bits per heavy atom.